The zero-order valence-electron chi connectivity index (χ0n) is 6.30. The molecule has 0 amide bonds. The Balaban J connectivity index is 2.99. The fraction of sp³-hybridized carbons (Fsp3) is 0.286. The SMILES string of the molecule is CSc1ccc(SC)c(F)n1. The molecule has 0 radical (unpaired) electrons. The largest absolute Gasteiger partial charge is 0.227 e. The molecule has 0 saturated heterocycles. The first-order valence-corrected chi connectivity index (χ1v) is 5.47. The van der Waals surface area contributed by atoms with E-state index in [2.05, 4.69) is 4.98 Å². The van der Waals surface area contributed by atoms with Gasteiger partial charge in [-0.1, -0.05) is 0 Å². The van der Waals surface area contributed by atoms with Gasteiger partial charge in [0.25, 0.3) is 0 Å². The second-order valence-electron chi connectivity index (χ2n) is 1.85. The molecule has 1 aromatic rings. The van der Waals surface area contributed by atoms with Crippen molar-refractivity contribution in [1.82, 2.24) is 4.98 Å². The second kappa shape index (κ2) is 3.97. The molecule has 0 saturated carbocycles. The van der Waals surface area contributed by atoms with Crippen LogP contribution in [-0.2, 0) is 0 Å². The predicted octanol–water partition coefficient (Wildman–Crippen LogP) is 2.66. The molecule has 11 heavy (non-hydrogen) atoms. The van der Waals surface area contributed by atoms with Crippen molar-refractivity contribution in [1.29, 1.82) is 0 Å². The van der Waals surface area contributed by atoms with Crippen molar-refractivity contribution in [2.75, 3.05) is 12.5 Å². The Kier molecular flexibility index (Phi) is 3.20. The van der Waals surface area contributed by atoms with Gasteiger partial charge in [0, 0.05) is 0 Å². The van der Waals surface area contributed by atoms with Gasteiger partial charge >= 0.3 is 0 Å². The van der Waals surface area contributed by atoms with Crippen LogP contribution >= 0.6 is 23.5 Å². The van der Waals surface area contributed by atoms with Crippen LogP contribution in [-0.4, -0.2) is 17.5 Å². The molecule has 0 atom stereocenters. The lowest BCUT2D eigenvalue weighted by atomic mass is 10.5. The van der Waals surface area contributed by atoms with Gasteiger partial charge in [0.15, 0.2) is 0 Å². The lowest BCUT2D eigenvalue weighted by molar-refractivity contribution is 0.546. The van der Waals surface area contributed by atoms with Crippen molar-refractivity contribution in [3.63, 3.8) is 0 Å². The topological polar surface area (TPSA) is 12.9 Å². The number of rotatable bonds is 2. The minimum atomic E-state index is -0.371. The van der Waals surface area contributed by atoms with E-state index in [1.54, 1.807) is 6.07 Å². The third kappa shape index (κ3) is 2.10. The minimum Gasteiger partial charge on any atom is -0.212 e. The average Bonchev–Trinajstić information content (AvgIpc) is 2.04. The van der Waals surface area contributed by atoms with Crippen LogP contribution in [0.1, 0.15) is 0 Å². The Morgan fingerprint density at radius 2 is 2.00 bits per heavy atom. The van der Waals surface area contributed by atoms with Crippen LogP contribution < -0.4 is 0 Å². The summed E-state index contributed by atoms with van der Waals surface area (Å²) in [4.78, 5) is 4.34. The van der Waals surface area contributed by atoms with Crippen molar-refractivity contribution >= 4 is 23.5 Å². The highest BCUT2D eigenvalue weighted by molar-refractivity contribution is 7.99. The fourth-order valence-corrected chi connectivity index (χ4v) is 1.46. The first-order valence-electron chi connectivity index (χ1n) is 3.02. The van der Waals surface area contributed by atoms with E-state index in [1.165, 1.54) is 23.5 Å². The van der Waals surface area contributed by atoms with Gasteiger partial charge in [0.2, 0.25) is 5.95 Å². The Morgan fingerprint density at radius 1 is 1.27 bits per heavy atom. The van der Waals surface area contributed by atoms with Crippen molar-refractivity contribution in [2.45, 2.75) is 9.92 Å². The molecule has 60 valence electrons. The first-order chi connectivity index (χ1) is 5.27. The Morgan fingerprint density at radius 3 is 2.45 bits per heavy atom. The van der Waals surface area contributed by atoms with E-state index in [-0.39, 0.29) is 5.95 Å². The lowest BCUT2D eigenvalue weighted by Gasteiger charge is -1.98. The normalized spacial score (nSPS) is 10.1. The summed E-state index contributed by atoms with van der Waals surface area (Å²) >= 11 is 2.81. The Bertz CT molecular complexity index is 252. The van der Waals surface area contributed by atoms with E-state index in [4.69, 9.17) is 0 Å². The summed E-state index contributed by atoms with van der Waals surface area (Å²) in [5, 5.41) is 0.723. The van der Waals surface area contributed by atoms with E-state index in [0.717, 1.165) is 5.03 Å². The molecule has 0 bridgehead atoms. The van der Waals surface area contributed by atoms with Crippen molar-refractivity contribution < 1.29 is 4.39 Å². The molecule has 1 nitrogen and oxygen atoms in total. The molecular weight excluding hydrogens is 181 g/mol. The summed E-state index contributed by atoms with van der Waals surface area (Å²) in [6, 6.07) is 3.57. The predicted molar refractivity (Wildman–Crippen MR) is 47.8 cm³/mol. The van der Waals surface area contributed by atoms with Gasteiger partial charge in [-0.05, 0) is 24.6 Å². The second-order valence-corrected chi connectivity index (χ2v) is 3.52. The molecule has 0 unspecified atom stereocenters. The highest BCUT2D eigenvalue weighted by Gasteiger charge is 2.02. The summed E-state index contributed by atoms with van der Waals surface area (Å²) in [7, 11) is 0. The smallest absolute Gasteiger partial charge is 0.212 e. The van der Waals surface area contributed by atoms with Crippen LogP contribution in [0.15, 0.2) is 22.1 Å². The van der Waals surface area contributed by atoms with E-state index in [9.17, 15) is 4.39 Å². The monoisotopic (exact) mass is 189 g/mol. The average molecular weight is 189 g/mol. The standard InChI is InChI=1S/C7H8FNS2/c1-10-5-3-4-6(11-2)9-7(5)8/h3-4H,1-2H3. The lowest BCUT2D eigenvalue weighted by Crippen LogP contribution is -1.87. The van der Waals surface area contributed by atoms with Crippen LogP contribution in [0.3, 0.4) is 0 Å². The third-order valence-corrected chi connectivity index (χ3v) is 2.61. The fourth-order valence-electron chi connectivity index (χ4n) is 0.671. The molecule has 0 aliphatic carbocycles. The summed E-state index contributed by atoms with van der Waals surface area (Å²) in [6.07, 6.45) is 3.71. The van der Waals surface area contributed by atoms with Gasteiger partial charge in [0.1, 0.15) is 0 Å². The van der Waals surface area contributed by atoms with E-state index >= 15 is 0 Å². The first kappa shape index (κ1) is 8.87. The molecule has 0 aliphatic heterocycles. The Labute approximate surface area is 73.8 Å². The van der Waals surface area contributed by atoms with Crippen molar-refractivity contribution in [3.05, 3.63) is 18.1 Å². The van der Waals surface area contributed by atoms with Crippen molar-refractivity contribution in [2.24, 2.45) is 0 Å². The molecular formula is C7H8FNS2. The number of aromatic nitrogens is 1. The van der Waals surface area contributed by atoms with Crippen LogP contribution in [0.5, 0.6) is 0 Å². The highest BCUT2D eigenvalue weighted by Crippen LogP contribution is 2.20. The molecule has 1 heterocycles. The molecule has 4 heteroatoms. The molecule has 0 spiro atoms. The summed E-state index contributed by atoms with van der Waals surface area (Å²) in [5.41, 5.74) is 0. The highest BCUT2D eigenvalue weighted by atomic mass is 32.2. The number of hydrogen-bond acceptors (Lipinski definition) is 3. The molecule has 0 fully saturated rings. The number of halogens is 1. The number of hydrogen-bond donors (Lipinski definition) is 0. The van der Waals surface area contributed by atoms with Crippen molar-refractivity contribution in [3.8, 4) is 0 Å². The van der Waals surface area contributed by atoms with Gasteiger partial charge in [-0.2, -0.15) is 4.39 Å². The van der Waals surface area contributed by atoms with Crippen LogP contribution in [0, 0.1) is 5.95 Å². The quantitative estimate of drug-likeness (QED) is 0.524. The van der Waals surface area contributed by atoms with Gasteiger partial charge in [-0.15, -0.1) is 23.5 Å². The number of nitrogens with zero attached hydrogens (tertiary/aromatic N) is 1. The van der Waals surface area contributed by atoms with Gasteiger partial charge in [-0.25, -0.2) is 4.98 Å². The molecule has 0 aromatic carbocycles. The minimum absolute atomic E-state index is 0.371. The summed E-state index contributed by atoms with van der Waals surface area (Å²) in [6.45, 7) is 0. The van der Waals surface area contributed by atoms with E-state index in [1.807, 2.05) is 18.6 Å². The molecule has 1 aromatic heterocycles. The van der Waals surface area contributed by atoms with Gasteiger partial charge in [-0.3, -0.25) is 0 Å². The Hall–Kier alpha value is -0.220. The number of pyridine rings is 1. The van der Waals surface area contributed by atoms with Crippen LogP contribution in [0.25, 0.3) is 0 Å². The third-order valence-electron chi connectivity index (χ3n) is 1.22. The molecule has 0 N–H and O–H groups in total. The maximum absolute atomic E-state index is 12.9. The number of thioether (sulfide) groups is 2. The summed E-state index contributed by atoms with van der Waals surface area (Å²) < 4.78 is 12.9. The van der Waals surface area contributed by atoms with Crippen LogP contribution in [0.4, 0.5) is 4.39 Å². The van der Waals surface area contributed by atoms with Crippen LogP contribution in [0.2, 0.25) is 0 Å². The van der Waals surface area contributed by atoms with Gasteiger partial charge < -0.3 is 0 Å². The zero-order valence-corrected chi connectivity index (χ0v) is 7.93. The molecule has 0 aliphatic rings. The zero-order chi connectivity index (χ0) is 8.27. The van der Waals surface area contributed by atoms with Gasteiger partial charge in [0.05, 0.1) is 9.92 Å². The molecule has 1 rings (SSSR count). The maximum Gasteiger partial charge on any atom is 0.227 e. The van der Waals surface area contributed by atoms with E-state index in [0.29, 0.717) is 4.90 Å². The maximum atomic E-state index is 12.9. The summed E-state index contributed by atoms with van der Waals surface area (Å²) in [5.74, 6) is -0.371. The van der Waals surface area contributed by atoms with E-state index < -0.39 is 0 Å².